The lowest BCUT2D eigenvalue weighted by atomic mass is 9.83. The van der Waals surface area contributed by atoms with Crippen LogP contribution in [0.1, 0.15) is 58.3 Å². The first-order valence-electron chi connectivity index (χ1n) is 5.89. The lowest BCUT2D eigenvalue weighted by molar-refractivity contribution is 0.253. The van der Waals surface area contributed by atoms with Crippen molar-refractivity contribution in [3.63, 3.8) is 0 Å². The molecule has 0 spiro atoms. The fraction of sp³-hybridized carbons (Fsp3) is 0.917. The summed E-state index contributed by atoms with van der Waals surface area (Å²) >= 11 is 0. The molecule has 0 saturated heterocycles. The molecule has 0 aliphatic heterocycles. The van der Waals surface area contributed by atoms with Crippen LogP contribution in [0, 0.1) is 11.3 Å². The molecule has 0 radical (unpaired) electrons. The van der Waals surface area contributed by atoms with Gasteiger partial charge in [-0.3, -0.25) is 0 Å². The van der Waals surface area contributed by atoms with E-state index in [1.54, 1.807) is 0 Å². The zero-order chi connectivity index (χ0) is 10.3. The Bertz CT molecular complexity index is 187. The number of unbranched alkanes of at least 4 members (excludes halogenated alkanes) is 2. The predicted octanol–water partition coefficient (Wildman–Crippen LogP) is 2.99. The quantitative estimate of drug-likeness (QED) is 0.683. The van der Waals surface area contributed by atoms with Gasteiger partial charge >= 0.3 is 0 Å². The molecular weight excluding hydrogens is 172 g/mol. The number of nitrogens with zero attached hydrogens (tertiary/aromatic N) is 1. The molecule has 14 heavy (non-hydrogen) atoms. The molecule has 0 heterocycles. The van der Waals surface area contributed by atoms with Crippen LogP contribution in [0.5, 0.6) is 0 Å². The minimum atomic E-state index is 0.394. The molecule has 2 nitrogen and oxygen atoms in total. The molecule has 0 amide bonds. The molecule has 0 bridgehead atoms. The first-order valence-corrected chi connectivity index (χ1v) is 5.89. The van der Waals surface area contributed by atoms with Crippen LogP contribution in [-0.2, 0) is 0 Å². The van der Waals surface area contributed by atoms with E-state index < -0.39 is 0 Å². The second-order valence-electron chi connectivity index (χ2n) is 4.66. The van der Waals surface area contributed by atoms with E-state index in [0.717, 1.165) is 19.4 Å². The first-order chi connectivity index (χ1) is 6.77. The van der Waals surface area contributed by atoms with Gasteiger partial charge in [-0.05, 0) is 39.2 Å². The summed E-state index contributed by atoms with van der Waals surface area (Å²) in [6.07, 6.45) is 9.70. The van der Waals surface area contributed by atoms with Crippen LogP contribution >= 0.6 is 0 Å². The summed E-state index contributed by atoms with van der Waals surface area (Å²) in [6, 6.07) is 2.19. The average Bonchev–Trinajstić information content (AvgIpc) is 2.18. The fourth-order valence-electron chi connectivity index (χ4n) is 2.23. The van der Waals surface area contributed by atoms with Gasteiger partial charge in [0.25, 0.3) is 0 Å². The minimum Gasteiger partial charge on any atom is -0.312 e. The lowest BCUT2D eigenvalue weighted by Gasteiger charge is -2.34. The van der Waals surface area contributed by atoms with Crippen molar-refractivity contribution in [1.29, 1.82) is 5.26 Å². The summed E-state index contributed by atoms with van der Waals surface area (Å²) in [5, 5.41) is 12.0. The average molecular weight is 194 g/mol. The maximum atomic E-state index is 8.39. The molecule has 0 aromatic rings. The normalized spacial score (nSPS) is 20.3. The van der Waals surface area contributed by atoms with E-state index in [4.69, 9.17) is 5.26 Å². The van der Waals surface area contributed by atoms with Crippen molar-refractivity contribution in [2.75, 3.05) is 6.54 Å². The van der Waals surface area contributed by atoms with E-state index in [0.29, 0.717) is 12.0 Å². The third-order valence-corrected chi connectivity index (χ3v) is 3.22. The Morgan fingerprint density at radius 1 is 1.21 bits per heavy atom. The highest BCUT2D eigenvalue weighted by molar-refractivity contribution is 4.86. The Labute approximate surface area is 87.7 Å². The van der Waals surface area contributed by atoms with E-state index in [1.807, 2.05) is 0 Å². The van der Waals surface area contributed by atoms with Gasteiger partial charge in [0.15, 0.2) is 0 Å². The highest BCUT2D eigenvalue weighted by Crippen LogP contribution is 2.27. The molecular formula is C12H22N2. The molecule has 0 atom stereocenters. The van der Waals surface area contributed by atoms with E-state index in [1.165, 1.54) is 32.1 Å². The first kappa shape index (κ1) is 11.5. The Kier molecular flexibility index (Phi) is 4.97. The maximum Gasteiger partial charge on any atom is 0.0621 e. The number of hydrogen-bond donors (Lipinski definition) is 1. The molecule has 0 aromatic heterocycles. The zero-order valence-corrected chi connectivity index (χ0v) is 9.31. The monoisotopic (exact) mass is 194 g/mol. The van der Waals surface area contributed by atoms with E-state index in [9.17, 15) is 0 Å². The Balaban J connectivity index is 2.07. The number of hydrogen-bond acceptors (Lipinski definition) is 2. The standard InChI is InChI=1S/C12H22N2/c1-12(8-4-2-5-9-12)14-11-7-3-6-10-13/h14H,2-9,11H2,1H3. The second kappa shape index (κ2) is 6.03. The summed E-state index contributed by atoms with van der Waals surface area (Å²) in [6.45, 7) is 3.43. The Morgan fingerprint density at radius 3 is 2.57 bits per heavy atom. The molecule has 1 saturated carbocycles. The molecule has 0 unspecified atom stereocenters. The summed E-state index contributed by atoms with van der Waals surface area (Å²) in [5.74, 6) is 0. The molecule has 1 rings (SSSR count). The fourth-order valence-corrected chi connectivity index (χ4v) is 2.23. The van der Waals surface area contributed by atoms with Gasteiger partial charge in [0, 0.05) is 12.0 Å². The van der Waals surface area contributed by atoms with Crippen molar-refractivity contribution in [3.8, 4) is 6.07 Å². The van der Waals surface area contributed by atoms with Gasteiger partial charge in [-0.2, -0.15) is 5.26 Å². The predicted molar refractivity (Wildman–Crippen MR) is 59.0 cm³/mol. The number of nitriles is 1. The molecule has 2 heteroatoms. The van der Waals surface area contributed by atoms with Crippen LogP contribution < -0.4 is 5.32 Å². The molecule has 1 aliphatic carbocycles. The van der Waals surface area contributed by atoms with Gasteiger partial charge in [0.1, 0.15) is 0 Å². The summed E-state index contributed by atoms with van der Waals surface area (Å²) in [5.41, 5.74) is 0.394. The van der Waals surface area contributed by atoms with Crippen LogP contribution in [0.25, 0.3) is 0 Å². The van der Waals surface area contributed by atoms with Crippen LogP contribution in [0.4, 0.5) is 0 Å². The third-order valence-electron chi connectivity index (χ3n) is 3.22. The smallest absolute Gasteiger partial charge is 0.0621 e. The summed E-state index contributed by atoms with van der Waals surface area (Å²) in [4.78, 5) is 0. The highest BCUT2D eigenvalue weighted by atomic mass is 15.0. The van der Waals surface area contributed by atoms with E-state index in [-0.39, 0.29) is 0 Å². The maximum absolute atomic E-state index is 8.39. The van der Waals surface area contributed by atoms with Crippen molar-refractivity contribution in [2.24, 2.45) is 0 Å². The van der Waals surface area contributed by atoms with Gasteiger partial charge in [0.2, 0.25) is 0 Å². The van der Waals surface area contributed by atoms with Crippen LogP contribution in [0.15, 0.2) is 0 Å². The minimum absolute atomic E-state index is 0.394. The largest absolute Gasteiger partial charge is 0.312 e. The van der Waals surface area contributed by atoms with E-state index >= 15 is 0 Å². The van der Waals surface area contributed by atoms with E-state index in [2.05, 4.69) is 18.3 Å². The molecule has 0 aromatic carbocycles. The van der Waals surface area contributed by atoms with Crippen LogP contribution in [0.3, 0.4) is 0 Å². The van der Waals surface area contributed by atoms with Gasteiger partial charge in [0.05, 0.1) is 6.07 Å². The third kappa shape index (κ3) is 4.11. The van der Waals surface area contributed by atoms with Gasteiger partial charge < -0.3 is 5.32 Å². The Hall–Kier alpha value is -0.550. The van der Waals surface area contributed by atoms with Gasteiger partial charge in [-0.25, -0.2) is 0 Å². The van der Waals surface area contributed by atoms with Crippen molar-refractivity contribution < 1.29 is 0 Å². The second-order valence-corrected chi connectivity index (χ2v) is 4.66. The van der Waals surface area contributed by atoms with Crippen molar-refractivity contribution in [2.45, 2.75) is 63.8 Å². The van der Waals surface area contributed by atoms with Crippen molar-refractivity contribution in [1.82, 2.24) is 5.32 Å². The number of nitrogens with one attached hydrogen (secondary N) is 1. The molecule has 1 aliphatic rings. The Morgan fingerprint density at radius 2 is 1.93 bits per heavy atom. The lowest BCUT2D eigenvalue weighted by Crippen LogP contribution is -2.44. The number of rotatable bonds is 5. The zero-order valence-electron chi connectivity index (χ0n) is 9.31. The van der Waals surface area contributed by atoms with Gasteiger partial charge in [-0.15, -0.1) is 0 Å². The summed E-state index contributed by atoms with van der Waals surface area (Å²) in [7, 11) is 0. The van der Waals surface area contributed by atoms with Gasteiger partial charge in [-0.1, -0.05) is 19.3 Å². The SMILES string of the molecule is CC1(NCCCCC#N)CCCCC1. The molecule has 1 fully saturated rings. The highest BCUT2D eigenvalue weighted by Gasteiger charge is 2.25. The van der Waals surface area contributed by atoms with Crippen LogP contribution in [-0.4, -0.2) is 12.1 Å². The molecule has 80 valence electrons. The molecule has 1 N–H and O–H groups in total. The van der Waals surface area contributed by atoms with Crippen LogP contribution in [0.2, 0.25) is 0 Å². The summed E-state index contributed by atoms with van der Waals surface area (Å²) < 4.78 is 0. The topological polar surface area (TPSA) is 35.8 Å². The van der Waals surface area contributed by atoms with Crippen molar-refractivity contribution >= 4 is 0 Å². The van der Waals surface area contributed by atoms with Crippen molar-refractivity contribution in [3.05, 3.63) is 0 Å².